The molecule has 3 heterocycles. The fraction of sp³-hybridized carbons (Fsp3) is 0.265. The first kappa shape index (κ1) is 30.1. The Morgan fingerprint density at radius 1 is 0.933 bits per heavy atom. The number of hydrogen-bond donors (Lipinski definition) is 1. The van der Waals surface area contributed by atoms with Crippen LogP contribution in [0.5, 0.6) is 5.75 Å². The summed E-state index contributed by atoms with van der Waals surface area (Å²) in [7, 11) is -0.0852. The fourth-order valence-corrected chi connectivity index (χ4v) is 6.87. The molecule has 45 heavy (non-hydrogen) atoms. The van der Waals surface area contributed by atoms with Crippen LogP contribution in [-0.4, -0.2) is 61.7 Å². The molecule has 0 spiro atoms. The molecule has 1 fully saturated rings. The summed E-state index contributed by atoms with van der Waals surface area (Å²) in [6.45, 7) is 1.20. The number of ketones is 1. The smallest absolute Gasteiger partial charge is 0.272 e. The number of rotatable bonds is 8. The van der Waals surface area contributed by atoms with Crippen LogP contribution in [0.1, 0.15) is 33.7 Å². The van der Waals surface area contributed by atoms with Crippen LogP contribution in [0.25, 0.3) is 21.8 Å². The number of piperidine rings is 1. The Kier molecular flexibility index (Phi) is 7.96. The van der Waals surface area contributed by atoms with E-state index in [9.17, 15) is 22.8 Å². The van der Waals surface area contributed by atoms with Gasteiger partial charge in [0.15, 0.2) is 27.1 Å². The number of ether oxygens (including phenoxy) is 1. The maximum absolute atomic E-state index is 14.1. The molecular formula is C34H34N4O6S. The molecule has 3 aromatic carbocycles. The van der Waals surface area contributed by atoms with Crippen LogP contribution in [0.15, 0.2) is 88.6 Å². The standard InChI is InChI=1S/C34H34N4O6S/c1-36-30-26-11-7-8-12-27(26)38(21-28(39)22-9-5-4-6-10-22)34(41)29(30)32(44-2)31(36)33(40)35-23-17-19-37(20-18-23)24-13-15-25(16-14-24)45(3,42)43/h4-16,23H,17-21H2,1-3H3,(H,35,40). The number of carbonyl (C=O) groups excluding carboxylic acids is 2. The number of para-hydroxylation sites is 1. The normalized spacial score (nSPS) is 14.2. The molecule has 1 aliphatic rings. The van der Waals surface area contributed by atoms with Crippen molar-refractivity contribution >= 4 is 49.0 Å². The summed E-state index contributed by atoms with van der Waals surface area (Å²) in [5, 5.41) is 4.11. The molecule has 11 heteroatoms. The summed E-state index contributed by atoms with van der Waals surface area (Å²) in [6, 6.07) is 22.9. The SMILES string of the molecule is COc1c(C(=O)NC2CCN(c3ccc(S(C)(=O)=O)cc3)CC2)n(C)c2c1c(=O)n(CC(=O)c1ccccc1)c1ccccc21. The van der Waals surface area contributed by atoms with E-state index in [0.29, 0.717) is 42.5 Å². The molecule has 6 rings (SSSR count). The number of aryl methyl sites for hydroxylation is 1. The van der Waals surface area contributed by atoms with Gasteiger partial charge in [-0.1, -0.05) is 48.5 Å². The van der Waals surface area contributed by atoms with E-state index in [4.69, 9.17) is 4.74 Å². The minimum absolute atomic E-state index is 0.108. The molecule has 0 unspecified atom stereocenters. The van der Waals surface area contributed by atoms with Crippen molar-refractivity contribution in [2.45, 2.75) is 30.3 Å². The van der Waals surface area contributed by atoms with E-state index in [2.05, 4.69) is 10.2 Å². The van der Waals surface area contributed by atoms with Gasteiger partial charge in [-0.3, -0.25) is 19.0 Å². The first-order chi connectivity index (χ1) is 21.6. The molecule has 0 bridgehead atoms. The minimum atomic E-state index is -3.27. The Morgan fingerprint density at radius 3 is 2.22 bits per heavy atom. The third-order valence-electron chi connectivity index (χ3n) is 8.54. The van der Waals surface area contributed by atoms with E-state index in [1.807, 2.05) is 24.3 Å². The van der Waals surface area contributed by atoms with Crippen LogP contribution in [0.3, 0.4) is 0 Å². The Balaban J connectivity index is 1.29. The molecule has 0 radical (unpaired) electrons. The number of fused-ring (bicyclic) bond motifs is 3. The second-order valence-corrected chi connectivity index (χ2v) is 13.4. The Bertz CT molecular complexity index is 2090. The van der Waals surface area contributed by atoms with E-state index in [1.54, 1.807) is 66.2 Å². The zero-order valence-corrected chi connectivity index (χ0v) is 26.1. The van der Waals surface area contributed by atoms with E-state index in [-0.39, 0.29) is 46.0 Å². The van der Waals surface area contributed by atoms with Crippen molar-refractivity contribution in [1.82, 2.24) is 14.5 Å². The van der Waals surface area contributed by atoms with Gasteiger partial charge in [0.1, 0.15) is 5.39 Å². The van der Waals surface area contributed by atoms with Crippen LogP contribution in [0.2, 0.25) is 0 Å². The van der Waals surface area contributed by atoms with E-state index in [0.717, 1.165) is 11.1 Å². The van der Waals surface area contributed by atoms with Gasteiger partial charge in [-0.05, 0) is 43.2 Å². The minimum Gasteiger partial charge on any atom is -0.493 e. The maximum Gasteiger partial charge on any atom is 0.272 e. The zero-order valence-electron chi connectivity index (χ0n) is 25.3. The number of anilines is 1. The van der Waals surface area contributed by atoms with E-state index >= 15 is 0 Å². The van der Waals surface area contributed by atoms with E-state index in [1.165, 1.54) is 17.9 Å². The third kappa shape index (κ3) is 5.59. The first-order valence-corrected chi connectivity index (χ1v) is 16.6. The van der Waals surface area contributed by atoms with Crippen LogP contribution < -0.4 is 20.5 Å². The van der Waals surface area contributed by atoms with Crippen molar-refractivity contribution in [3.05, 3.63) is 100 Å². The second kappa shape index (κ2) is 11.9. The molecule has 0 atom stereocenters. The highest BCUT2D eigenvalue weighted by Crippen LogP contribution is 2.35. The van der Waals surface area contributed by atoms with Crippen molar-refractivity contribution in [2.75, 3.05) is 31.4 Å². The molecule has 2 aromatic heterocycles. The molecule has 1 saturated heterocycles. The molecule has 1 aliphatic heterocycles. The molecular weight excluding hydrogens is 592 g/mol. The summed E-state index contributed by atoms with van der Waals surface area (Å²) in [5.41, 5.74) is 2.41. The van der Waals surface area contributed by atoms with E-state index < -0.39 is 15.4 Å². The largest absolute Gasteiger partial charge is 0.493 e. The van der Waals surface area contributed by atoms with Gasteiger partial charge in [-0.15, -0.1) is 0 Å². The average Bonchev–Trinajstić information content (AvgIpc) is 3.35. The summed E-state index contributed by atoms with van der Waals surface area (Å²) >= 11 is 0. The summed E-state index contributed by atoms with van der Waals surface area (Å²) in [6.07, 6.45) is 2.55. The number of nitrogens with one attached hydrogen (secondary N) is 1. The number of sulfone groups is 1. The average molecular weight is 627 g/mol. The third-order valence-corrected chi connectivity index (χ3v) is 9.66. The summed E-state index contributed by atoms with van der Waals surface area (Å²) in [4.78, 5) is 43.5. The Hall–Kier alpha value is -4.90. The van der Waals surface area contributed by atoms with Gasteiger partial charge in [0.05, 0.1) is 29.6 Å². The van der Waals surface area contributed by atoms with Crippen LogP contribution >= 0.6 is 0 Å². The zero-order chi connectivity index (χ0) is 31.9. The topological polar surface area (TPSA) is 120 Å². The number of amides is 1. The predicted octanol–water partition coefficient (Wildman–Crippen LogP) is 4.19. The van der Waals surface area contributed by atoms with Crippen LogP contribution in [0.4, 0.5) is 5.69 Å². The Labute approximate surface area is 260 Å². The highest BCUT2D eigenvalue weighted by Gasteiger charge is 2.30. The van der Waals surface area contributed by atoms with Gasteiger partial charge in [-0.2, -0.15) is 0 Å². The fourth-order valence-electron chi connectivity index (χ4n) is 6.24. The molecule has 1 amide bonds. The number of hydrogen-bond acceptors (Lipinski definition) is 7. The highest BCUT2D eigenvalue weighted by molar-refractivity contribution is 7.90. The maximum atomic E-state index is 14.1. The predicted molar refractivity (Wildman–Crippen MR) is 174 cm³/mol. The number of aromatic nitrogens is 2. The quantitative estimate of drug-likeness (QED) is 0.257. The number of nitrogens with zero attached hydrogens (tertiary/aromatic N) is 3. The Morgan fingerprint density at radius 2 is 1.58 bits per heavy atom. The molecule has 5 aromatic rings. The lowest BCUT2D eigenvalue weighted by molar-refractivity contribution is 0.0918. The van der Waals surface area contributed by atoms with Gasteiger partial charge in [0.2, 0.25) is 0 Å². The van der Waals surface area contributed by atoms with Crippen LogP contribution in [-0.2, 0) is 23.4 Å². The molecule has 0 aliphatic carbocycles. The van der Waals surface area contributed by atoms with Crippen molar-refractivity contribution < 1.29 is 22.7 Å². The van der Waals surface area contributed by atoms with Crippen LogP contribution in [0, 0.1) is 0 Å². The molecule has 232 valence electrons. The number of methoxy groups -OCH3 is 1. The lowest BCUT2D eigenvalue weighted by atomic mass is 10.0. The van der Waals surface area contributed by atoms with Crippen molar-refractivity contribution in [3.8, 4) is 5.75 Å². The lowest BCUT2D eigenvalue weighted by Gasteiger charge is -2.34. The summed E-state index contributed by atoms with van der Waals surface area (Å²) < 4.78 is 32.5. The van der Waals surface area contributed by atoms with Gasteiger partial charge < -0.3 is 19.5 Å². The first-order valence-electron chi connectivity index (χ1n) is 14.7. The van der Waals surface area contributed by atoms with Gasteiger partial charge in [0.25, 0.3) is 11.5 Å². The summed E-state index contributed by atoms with van der Waals surface area (Å²) in [5.74, 6) is -0.380. The lowest BCUT2D eigenvalue weighted by Crippen LogP contribution is -2.45. The molecule has 10 nitrogen and oxygen atoms in total. The number of benzene rings is 3. The highest BCUT2D eigenvalue weighted by atomic mass is 32.2. The number of carbonyl (C=O) groups is 2. The monoisotopic (exact) mass is 626 g/mol. The molecule has 1 N–H and O–H groups in total. The number of Topliss-reactive ketones (excluding diaryl/α,β-unsaturated/α-hetero) is 1. The van der Waals surface area contributed by atoms with Gasteiger partial charge >= 0.3 is 0 Å². The van der Waals surface area contributed by atoms with Crippen molar-refractivity contribution in [2.24, 2.45) is 7.05 Å². The van der Waals surface area contributed by atoms with Gasteiger partial charge in [-0.25, -0.2) is 8.42 Å². The second-order valence-electron chi connectivity index (χ2n) is 11.4. The number of pyridine rings is 1. The van der Waals surface area contributed by atoms with Crippen molar-refractivity contribution in [3.63, 3.8) is 0 Å². The molecule has 0 saturated carbocycles. The van der Waals surface area contributed by atoms with Crippen molar-refractivity contribution in [1.29, 1.82) is 0 Å². The van der Waals surface area contributed by atoms with Gasteiger partial charge in [0, 0.05) is 49.1 Å².